The van der Waals surface area contributed by atoms with Crippen LogP contribution in [0.4, 0.5) is 0 Å². The molecule has 0 aliphatic rings. The number of halogens is 2. The van der Waals surface area contributed by atoms with E-state index in [0.717, 1.165) is 24.2 Å². The van der Waals surface area contributed by atoms with E-state index < -0.39 is 0 Å². The fraction of sp³-hybridized carbons (Fsp3) is 0.538. The summed E-state index contributed by atoms with van der Waals surface area (Å²) in [6.45, 7) is 5.40. The molecule has 0 saturated heterocycles. The van der Waals surface area contributed by atoms with Gasteiger partial charge in [-0.1, -0.05) is 30.1 Å². The molecule has 0 aliphatic carbocycles. The average molecular weight is 276 g/mol. The van der Waals surface area contributed by atoms with Crippen LogP contribution in [0.5, 0.6) is 5.75 Å². The first kappa shape index (κ1) is 14.6. The molecular weight excluding hydrogens is 257 g/mol. The molecular formula is C13H19Cl2NO. The third-order valence-corrected chi connectivity index (χ3v) is 3.10. The molecule has 0 bridgehead atoms. The lowest BCUT2D eigenvalue weighted by molar-refractivity contribution is 0.334. The van der Waals surface area contributed by atoms with Crippen LogP contribution in [0, 0.1) is 5.92 Å². The molecule has 0 amide bonds. The second-order valence-electron chi connectivity index (χ2n) is 4.20. The summed E-state index contributed by atoms with van der Waals surface area (Å²) in [5.41, 5.74) is 6.62. The van der Waals surface area contributed by atoms with Gasteiger partial charge in [0.05, 0.1) is 11.6 Å². The van der Waals surface area contributed by atoms with Gasteiger partial charge in [0.25, 0.3) is 0 Å². The van der Waals surface area contributed by atoms with Crippen molar-refractivity contribution in [1.82, 2.24) is 0 Å². The van der Waals surface area contributed by atoms with Crippen LogP contribution in [-0.4, -0.2) is 13.2 Å². The van der Waals surface area contributed by atoms with Gasteiger partial charge >= 0.3 is 0 Å². The van der Waals surface area contributed by atoms with Crippen molar-refractivity contribution in [3.05, 3.63) is 27.7 Å². The topological polar surface area (TPSA) is 35.2 Å². The van der Waals surface area contributed by atoms with Gasteiger partial charge in [0.15, 0.2) is 0 Å². The smallest absolute Gasteiger partial charge is 0.141 e. The molecule has 1 aromatic carbocycles. The quantitative estimate of drug-likeness (QED) is 0.854. The molecule has 0 aliphatic heterocycles. The Labute approximate surface area is 113 Å². The van der Waals surface area contributed by atoms with E-state index in [-0.39, 0.29) is 0 Å². The molecule has 17 heavy (non-hydrogen) atoms. The number of benzene rings is 1. The summed E-state index contributed by atoms with van der Waals surface area (Å²) in [6.07, 6.45) is 1.86. The van der Waals surface area contributed by atoms with Gasteiger partial charge in [-0.25, -0.2) is 0 Å². The molecule has 1 rings (SSSR count). The molecule has 1 atom stereocenters. The molecule has 2 nitrogen and oxygen atoms in total. The molecule has 96 valence electrons. The lowest BCUT2D eigenvalue weighted by Crippen LogP contribution is -2.09. The first-order chi connectivity index (χ1) is 8.08. The summed E-state index contributed by atoms with van der Waals surface area (Å²) in [6, 6.07) is 3.64. The van der Waals surface area contributed by atoms with Crippen molar-refractivity contribution in [2.24, 2.45) is 11.7 Å². The zero-order valence-corrected chi connectivity index (χ0v) is 11.8. The van der Waals surface area contributed by atoms with Crippen molar-refractivity contribution < 1.29 is 4.74 Å². The minimum Gasteiger partial charge on any atom is -0.492 e. The summed E-state index contributed by atoms with van der Waals surface area (Å²) >= 11 is 12.2. The standard InChI is InChI=1S/C13H19Cl2NO/c1-3-17-13-10(6-9(2)4-5-16)7-11(14)8-12(13)15/h7-9H,3-6,16H2,1-2H3. The highest BCUT2D eigenvalue weighted by Gasteiger charge is 2.13. The second-order valence-corrected chi connectivity index (χ2v) is 5.04. The Morgan fingerprint density at radius 1 is 1.35 bits per heavy atom. The van der Waals surface area contributed by atoms with E-state index in [1.54, 1.807) is 6.07 Å². The molecule has 0 saturated carbocycles. The predicted molar refractivity (Wildman–Crippen MR) is 74.2 cm³/mol. The van der Waals surface area contributed by atoms with Gasteiger partial charge in [0, 0.05) is 5.02 Å². The zero-order valence-electron chi connectivity index (χ0n) is 10.3. The van der Waals surface area contributed by atoms with Gasteiger partial charge < -0.3 is 10.5 Å². The van der Waals surface area contributed by atoms with Crippen LogP contribution in [-0.2, 0) is 6.42 Å². The number of ether oxygens (including phenoxy) is 1. The van der Waals surface area contributed by atoms with Gasteiger partial charge in [-0.15, -0.1) is 0 Å². The van der Waals surface area contributed by atoms with Gasteiger partial charge in [-0.05, 0) is 49.9 Å². The molecule has 1 unspecified atom stereocenters. The molecule has 2 N–H and O–H groups in total. The summed E-state index contributed by atoms with van der Waals surface area (Å²) in [7, 11) is 0. The van der Waals surface area contributed by atoms with Crippen LogP contribution in [0.15, 0.2) is 12.1 Å². The maximum absolute atomic E-state index is 6.14. The summed E-state index contributed by atoms with van der Waals surface area (Å²) in [4.78, 5) is 0. The number of rotatable bonds is 6. The van der Waals surface area contributed by atoms with Crippen LogP contribution in [0.3, 0.4) is 0 Å². The first-order valence-corrected chi connectivity index (χ1v) is 6.64. The first-order valence-electron chi connectivity index (χ1n) is 5.89. The fourth-order valence-corrected chi connectivity index (χ4v) is 2.42. The Kier molecular flexibility index (Phi) is 6.10. The maximum atomic E-state index is 6.14. The summed E-state index contributed by atoms with van der Waals surface area (Å²) in [5, 5.41) is 1.22. The van der Waals surface area contributed by atoms with Crippen molar-refractivity contribution in [3.8, 4) is 5.75 Å². The van der Waals surface area contributed by atoms with E-state index in [4.69, 9.17) is 33.7 Å². The zero-order chi connectivity index (χ0) is 12.8. The predicted octanol–water partition coefficient (Wildman–Crippen LogP) is 3.92. The third kappa shape index (κ3) is 4.38. The van der Waals surface area contributed by atoms with Crippen molar-refractivity contribution in [1.29, 1.82) is 0 Å². The SMILES string of the molecule is CCOc1c(Cl)cc(Cl)cc1CC(C)CCN. The summed E-state index contributed by atoms with van der Waals surface area (Å²) in [5.74, 6) is 1.25. The fourth-order valence-electron chi connectivity index (χ4n) is 1.83. The Hall–Kier alpha value is -0.440. The van der Waals surface area contributed by atoms with E-state index in [9.17, 15) is 0 Å². The molecule has 0 radical (unpaired) electrons. The highest BCUT2D eigenvalue weighted by molar-refractivity contribution is 6.35. The van der Waals surface area contributed by atoms with Crippen molar-refractivity contribution in [2.75, 3.05) is 13.2 Å². The van der Waals surface area contributed by atoms with Crippen LogP contribution < -0.4 is 10.5 Å². The molecule has 0 fully saturated rings. The number of hydrogen-bond donors (Lipinski definition) is 1. The van der Waals surface area contributed by atoms with Crippen LogP contribution >= 0.6 is 23.2 Å². The van der Waals surface area contributed by atoms with Gasteiger partial charge in [-0.2, -0.15) is 0 Å². The van der Waals surface area contributed by atoms with Crippen molar-refractivity contribution in [3.63, 3.8) is 0 Å². The maximum Gasteiger partial charge on any atom is 0.141 e. The second kappa shape index (κ2) is 7.10. The third-order valence-electron chi connectivity index (χ3n) is 2.60. The Balaban J connectivity index is 2.94. The monoisotopic (exact) mass is 275 g/mol. The molecule has 0 spiro atoms. The molecule has 0 heterocycles. The minimum absolute atomic E-state index is 0.494. The minimum atomic E-state index is 0.494. The highest BCUT2D eigenvalue weighted by atomic mass is 35.5. The molecule has 1 aromatic rings. The number of hydrogen-bond acceptors (Lipinski definition) is 2. The lowest BCUT2D eigenvalue weighted by atomic mass is 9.97. The lowest BCUT2D eigenvalue weighted by Gasteiger charge is -2.16. The van der Waals surface area contributed by atoms with Gasteiger partial charge in [-0.3, -0.25) is 0 Å². The Bertz CT molecular complexity index is 369. The van der Waals surface area contributed by atoms with Crippen LogP contribution in [0.2, 0.25) is 10.0 Å². The van der Waals surface area contributed by atoms with E-state index in [0.29, 0.717) is 29.1 Å². The van der Waals surface area contributed by atoms with Crippen LogP contribution in [0.1, 0.15) is 25.8 Å². The largest absolute Gasteiger partial charge is 0.492 e. The van der Waals surface area contributed by atoms with E-state index in [2.05, 4.69) is 6.92 Å². The molecule has 0 aromatic heterocycles. The van der Waals surface area contributed by atoms with Gasteiger partial charge in [0.1, 0.15) is 5.75 Å². The Morgan fingerprint density at radius 3 is 2.65 bits per heavy atom. The van der Waals surface area contributed by atoms with Crippen LogP contribution in [0.25, 0.3) is 0 Å². The van der Waals surface area contributed by atoms with Crippen molar-refractivity contribution >= 4 is 23.2 Å². The van der Waals surface area contributed by atoms with Crippen molar-refractivity contribution in [2.45, 2.75) is 26.7 Å². The Morgan fingerprint density at radius 2 is 2.06 bits per heavy atom. The van der Waals surface area contributed by atoms with E-state index >= 15 is 0 Å². The molecule has 4 heteroatoms. The normalized spacial score (nSPS) is 12.5. The van der Waals surface area contributed by atoms with Gasteiger partial charge in [0.2, 0.25) is 0 Å². The average Bonchev–Trinajstić information content (AvgIpc) is 2.23. The van der Waals surface area contributed by atoms with E-state index in [1.807, 2.05) is 13.0 Å². The summed E-state index contributed by atoms with van der Waals surface area (Å²) < 4.78 is 5.58. The van der Waals surface area contributed by atoms with E-state index in [1.165, 1.54) is 0 Å². The highest BCUT2D eigenvalue weighted by Crippen LogP contribution is 2.34. The number of nitrogens with two attached hydrogens (primary N) is 1.